The highest BCUT2D eigenvalue weighted by molar-refractivity contribution is 14.1. The molecule has 0 amide bonds. The molecule has 3 heterocycles. The van der Waals surface area contributed by atoms with E-state index in [4.69, 9.17) is 16.3 Å². The molecule has 2 aliphatic heterocycles. The molecule has 10 heteroatoms. The minimum absolute atomic E-state index is 0.471. The Morgan fingerprint density at radius 3 is 2.31 bits per heavy atom. The van der Waals surface area contributed by atoms with E-state index in [0.717, 1.165) is 57.9 Å². The molecule has 1 aromatic heterocycles. The molecule has 0 unspecified atom stereocenters. The van der Waals surface area contributed by atoms with Crippen molar-refractivity contribution in [3.05, 3.63) is 17.4 Å². The number of alkyl halides is 1. The molecule has 0 N–H and O–H groups in total. The van der Waals surface area contributed by atoms with Gasteiger partial charge in [0, 0.05) is 36.7 Å². The van der Waals surface area contributed by atoms with E-state index in [1.807, 2.05) is 0 Å². The van der Waals surface area contributed by atoms with Gasteiger partial charge in [0.05, 0.1) is 30.3 Å². The number of hydrogen-bond donors (Lipinski definition) is 0. The highest BCUT2D eigenvalue weighted by Crippen LogP contribution is 2.27. The average molecular weight is 557 g/mol. The van der Waals surface area contributed by atoms with Gasteiger partial charge in [0.1, 0.15) is 0 Å². The first-order valence-electron chi connectivity index (χ1n) is 10.2. The zero-order valence-corrected chi connectivity index (χ0v) is 20.6. The van der Waals surface area contributed by atoms with Crippen molar-refractivity contribution < 1.29 is 13.2 Å². The number of halogens is 2. The number of nitrogens with zero attached hydrogens (tertiary/aromatic N) is 4. The van der Waals surface area contributed by atoms with E-state index in [0.29, 0.717) is 33.9 Å². The van der Waals surface area contributed by atoms with Crippen LogP contribution in [0.5, 0.6) is 0 Å². The Hall–Kier alpha value is -0.230. The molecule has 2 fully saturated rings. The molecule has 0 radical (unpaired) electrons. The third kappa shape index (κ3) is 7.45. The van der Waals surface area contributed by atoms with Crippen LogP contribution in [-0.4, -0.2) is 72.3 Å². The Morgan fingerprint density at radius 2 is 1.72 bits per heavy atom. The summed E-state index contributed by atoms with van der Waals surface area (Å²) < 4.78 is 31.2. The molecule has 164 valence electrons. The van der Waals surface area contributed by atoms with E-state index >= 15 is 0 Å². The van der Waals surface area contributed by atoms with Gasteiger partial charge in [0.15, 0.2) is 0 Å². The highest BCUT2D eigenvalue weighted by Gasteiger charge is 2.26. The van der Waals surface area contributed by atoms with Crippen molar-refractivity contribution in [1.82, 2.24) is 14.3 Å². The van der Waals surface area contributed by atoms with Crippen molar-refractivity contribution >= 4 is 50.2 Å². The normalized spacial score (nSPS) is 21.4. The number of aromatic nitrogens is 2. The van der Waals surface area contributed by atoms with Gasteiger partial charge in [-0.15, -0.1) is 0 Å². The summed E-state index contributed by atoms with van der Waals surface area (Å²) in [6, 6.07) is 0. The second-order valence-electron chi connectivity index (χ2n) is 8.11. The lowest BCUT2D eigenvalue weighted by atomic mass is 9.92. The number of rotatable bonds is 8. The Labute approximate surface area is 192 Å². The number of sulfonamides is 1. The molecule has 29 heavy (non-hydrogen) atoms. The topological polar surface area (TPSA) is 75.6 Å². The molecule has 0 saturated carbocycles. The van der Waals surface area contributed by atoms with Crippen LogP contribution in [0.15, 0.2) is 12.4 Å². The molecular formula is C19H30ClIN4O3S. The predicted molar refractivity (Wildman–Crippen MR) is 124 cm³/mol. The lowest BCUT2D eigenvalue weighted by Gasteiger charge is -2.33. The van der Waals surface area contributed by atoms with Gasteiger partial charge >= 0.3 is 0 Å². The Balaban J connectivity index is 1.30. The number of piperidine rings is 2. The van der Waals surface area contributed by atoms with Crippen LogP contribution in [0.2, 0.25) is 5.02 Å². The first-order chi connectivity index (χ1) is 13.8. The lowest BCUT2D eigenvalue weighted by molar-refractivity contribution is 0.0791. The van der Waals surface area contributed by atoms with E-state index in [1.165, 1.54) is 12.7 Å². The van der Waals surface area contributed by atoms with Crippen LogP contribution in [0.25, 0.3) is 0 Å². The van der Waals surface area contributed by atoms with Gasteiger partial charge in [0.25, 0.3) is 0 Å². The maximum atomic E-state index is 11.6. The molecular weight excluding hydrogens is 527 g/mol. The van der Waals surface area contributed by atoms with Crippen molar-refractivity contribution in [1.29, 1.82) is 0 Å². The van der Waals surface area contributed by atoms with Crippen molar-refractivity contribution in [2.75, 3.05) is 50.5 Å². The summed E-state index contributed by atoms with van der Waals surface area (Å²) in [4.78, 5) is 10.9. The fourth-order valence-corrected chi connectivity index (χ4v) is 5.98. The molecule has 1 aromatic rings. The Bertz CT molecular complexity index is 736. The summed E-state index contributed by atoms with van der Waals surface area (Å²) in [5, 5.41) is 0.567. The Morgan fingerprint density at radius 1 is 1.14 bits per heavy atom. The quantitative estimate of drug-likeness (QED) is 0.362. The van der Waals surface area contributed by atoms with Gasteiger partial charge in [-0.2, -0.15) is 0 Å². The lowest BCUT2D eigenvalue weighted by Crippen LogP contribution is -2.38. The van der Waals surface area contributed by atoms with E-state index in [-0.39, 0.29) is 0 Å². The van der Waals surface area contributed by atoms with Crippen molar-refractivity contribution in [2.24, 2.45) is 11.8 Å². The van der Waals surface area contributed by atoms with Crippen LogP contribution in [0, 0.1) is 11.8 Å². The first kappa shape index (κ1) is 23.4. The molecule has 2 aliphatic rings. The molecule has 1 atom stereocenters. The van der Waals surface area contributed by atoms with Crippen LogP contribution in [0.4, 0.5) is 5.95 Å². The van der Waals surface area contributed by atoms with Gasteiger partial charge < -0.3 is 9.64 Å². The largest absolute Gasteiger partial charge is 0.380 e. The number of ether oxygens (including phenoxy) is 1. The predicted octanol–water partition coefficient (Wildman–Crippen LogP) is 3.23. The van der Waals surface area contributed by atoms with Gasteiger partial charge in [0.2, 0.25) is 16.0 Å². The van der Waals surface area contributed by atoms with E-state index in [1.54, 1.807) is 16.7 Å². The fraction of sp³-hybridized carbons (Fsp3) is 0.789. The zero-order chi connectivity index (χ0) is 20.9. The smallest absolute Gasteiger partial charge is 0.225 e. The molecule has 0 bridgehead atoms. The summed E-state index contributed by atoms with van der Waals surface area (Å²) >= 11 is 8.37. The maximum Gasteiger partial charge on any atom is 0.225 e. The zero-order valence-electron chi connectivity index (χ0n) is 16.8. The molecule has 0 aromatic carbocycles. The molecule has 3 rings (SSSR count). The van der Waals surface area contributed by atoms with Gasteiger partial charge in [-0.05, 0) is 43.9 Å². The van der Waals surface area contributed by atoms with Crippen LogP contribution < -0.4 is 4.90 Å². The third-order valence-electron chi connectivity index (χ3n) is 5.79. The summed E-state index contributed by atoms with van der Waals surface area (Å²) in [6.45, 7) is 4.72. The van der Waals surface area contributed by atoms with Crippen LogP contribution in [-0.2, 0) is 14.8 Å². The second kappa shape index (κ2) is 10.9. The van der Waals surface area contributed by atoms with Crippen LogP contribution >= 0.6 is 34.2 Å². The number of anilines is 1. The Kier molecular flexibility index (Phi) is 8.79. The van der Waals surface area contributed by atoms with Gasteiger partial charge in [-0.3, -0.25) is 0 Å². The molecule has 0 aliphatic carbocycles. The highest BCUT2D eigenvalue weighted by atomic mass is 127. The molecule has 0 spiro atoms. The standard InChI is InChI=1S/C19H30ClIN4O3S/c1-29(26,27)25-8-4-16(5-9-25)13-28-14-18(21)10-15-2-6-24(7-3-15)19-22-11-17(20)12-23-19/h11-12,15-16,18H,2-10,13-14H2,1H3/t18-/m1/s1. The minimum atomic E-state index is -3.05. The first-order valence-corrected chi connectivity index (χ1v) is 13.7. The minimum Gasteiger partial charge on any atom is -0.380 e. The second-order valence-corrected chi connectivity index (χ2v) is 12.3. The fourth-order valence-electron chi connectivity index (χ4n) is 4.04. The average Bonchev–Trinajstić information content (AvgIpc) is 2.69. The monoisotopic (exact) mass is 556 g/mol. The van der Waals surface area contributed by atoms with Crippen molar-refractivity contribution in [3.63, 3.8) is 0 Å². The van der Waals surface area contributed by atoms with E-state index in [2.05, 4.69) is 37.5 Å². The molecule has 2 saturated heterocycles. The molecule has 7 nitrogen and oxygen atoms in total. The van der Waals surface area contributed by atoms with Crippen LogP contribution in [0.1, 0.15) is 32.1 Å². The maximum absolute atomic E-state index is 11.6. The van der Waals surface area contributed by atoms with E-state index < -0.39 is 10.0 Å². The summed E-state index contributed by atoms with van der Waals surface area (Å²) in [5.41, 5.74) is 0. The number of hydrogen-bond acceptors (Lipinski definition) is 6. The summed E-state index contributed by atoms with van der Waals surface area (Å²) in [6.07, 6.45) is 9.84. The van der Waals surface area contributed by atoms with Crippen molar-refractivity contribution in [3.8, 4) is 0 Å². The summed E-state index contributed by atoms with van der Waals surface area (Å²) in [7, 11) is -3.05. The summed E-state index contributed by atoms with van der Waals surface area (Å²) in [5.74, 6) is 1.95. The van der Waals surface area contributed by atoms with Gasteiger partial charge in [-0.1, -0.05) is 34.2 Å². The third-order valence-corrected chi connectivity index (χ3v) is 8.15. The van der Waals surface area contributed by atoms with E-state index in [9.17, 15) is 8.42 Å². The SMILES string of the molecule is CS(=O)(=O)N1CCC(COC[C@H](I)CC2CCN(c3ncc(Cl)cn3)CC2)CC1. The van der Waals surface area contributed by atoms with Crippen LogP contribution in [0.3, 0.4) is 0 Å². The van der Waals surface area contributed by atoms with Crippen molar-refractivity contribution in [2.45, 2.75) is 36.0 Å². The van der Waals surface area contributed by atoms with Gasteiger partial charge in [-0.25, -0.2) is 22.7 Å².